The van der Waals surface area contributed by atoms with E-state index in [1.54, 1.807) is 19.1 Å². The van der Waals surface area contributed by atoms with Gasteiger partial charge in [0.25, 0.3) is 5.91 Å². The van der Waals surface area contributed by atoms with Gasteiger partial charge in [-0.05, 0) is 48.9 Å². The largest absolute Gasteiger partial charge is 0.322 e. The van der Waals surface area contributed by atoms with E-state index in [2.05, 4.69) is 21.2 Å². The SMILES string of the molecule is Cc1cc(C(=O)Nc2cccc(Br)c2)ccc1F. The monoisotopic (exact) mass is 307 g/mol. The molecule has 0 unspecified atom stereocenters. The number of benzene rings is 2. The predicted molar refractivity (Wildman–Crippen MR) is 73.2 cm³/mol. The van der Waals surface area contributed by atoms with Crippen molar-refractivity contribution < 1.29 is 9.18 Å². The van der Waals surface area contributed by atoms with Gasteiger partial charge in [-0.3, -0.25) is 4.79 Å². The molecule has 0 heterocycles. The van der Waals surface area contributed by atoms with Crippen LogP contribution in [-0.4, -0.2) is 5.91 Å². The van der Waals surface area contributed by atoms with Crippen LogP contribution in [0.3, 0.4) is 0 Å². The molecule has 18 heavy (non-hydrogen) atoms. The number of hydrogen-bond acceptors (Lipinski definition) is 1. The zero-order valence-electron chi connectivity index (χ0n) is 9.71. The van der Waals surface area contributed by atoms with Crippen molar-refractivity contribution in [2.75, 3.05) is 5.32 Å². The Morgan fingerprint density at radius 2 is 2.00 bits per heavy atom. The Morgan fingerprint density at radius 3 is 2.67 bits per heavy atom. The molecule has 2 rings (SSSR count). The van der Waals surface area contributed by atoms with Crippen LogP contribution < -0.4 is 5.32 Å². The molecule has 0 spiro atoms. The third kappa shape index (κ3) is 2.96. The number of amides is 1. The molecule has 0 aliphatic carbocycles. The van der Waals surface area contributed by atoms with E-state index in [9.17, 15) is 9.18 Å². The molecule has 2 aromatic carbocycles. The maximum absolute atomic E-state index is 13.1. The summed E-state index contributed by atoms with van der Waals surface area (Å²) in [5.41, 5.74) is 1.59. The van der Waals surface area contributed by atoms with Gasteiger partial charge in [-0.15, -0.1) is 0 Å². The second-order valence-corrected chi connectivity index (χ2v) is 4.84. The summed E-state index contributed by atoms with van der Waals surface area (Å²) in [5.74, 6) is -0.565. The number of rotatable bonds is 2. The van der Waals surface area contributed by atoms with Crippen molar-refractivity contribution in [1.82, 2.24) is 0 Å². The molecule has 0 aliphatic heterocycles. The molecule has 0 bridgehead atoms. The van der Waals surface area contributed by atoms with Crippen molar-refractivity contribution in [3.8, 4) is 0 Å². The molecule has 0 radical (unpaired) electrons. The van der Waals surface area contributed by atoms with Crippen LogP contribution in [-0.2, 0) is 0 Å². The molecule has 0 fully saturated rings. The average molecular weight is 308 g/mol. The lowest BCUT2D eigenvalue weighted by molar-refractivity contribution is 0.102. The van der Waals surface area contributed by atoms with Crippen molar-refractivity contribution >= 4 is 27.5 Å². The summed E-state index contributed by atoms with van der Waals surface area (Å²) in [5, 5.41) is 2.75. The Morgan fingerprint density at radius 1 is 1.22 bits per heavy atom. The summed E-state index contributed by atoms with van der Waals surface area (Å²) in [6.07, 6.45) is 0. The van der Waals surface area contributed by atoms with Crippen molar-refractivity contribution in [2.24, 2.45) is 0 Å². The van der Waals surface area contributed by atoms with E-state index in [0.717, 1.165) is 4.47 Å². The van der Waals surface area contributed by atoms with Crippen LogP contribution in [0.5, 0.6) is 0 Å². The van der Waals surface area contributed by atoms with E-state index in [4.69, 9.17) is 0 Å². The van der Waals surface area contributed by atoms with Crippen LogP contribution in [0.4, 0.5) is 10.1 Å². The molecule has 1 N–H and O–H groups in total. The lowest BCUT2D eigenvalue weighted by Crippen LogP contribution is -2.12. The van der Waals surface area contributed by atoms with E-state index in [-0.39, 0.29) is 11.7 Å². The number of halogens is 2. The molecular weight excluding hydrogens is 297 g/mol. The molecule has 4 heteroatoms. The molecule has 1 amide bonds. The third-order valence-electron chi connectivity index (χ3n) is 2.50. The molecule has 0 atom stereocenters. The lowest BCUT2D eigenvalue weighted by atomic mass is 10.1. The van der Waals surface area contributed by atoms with Crippen LogP contribution >= 0.6 is 15.9 Å². The topological polar surface area (TPSA) is 29.1 Å². The molecule has 0 aromatic heterocycles. The molecule has 0 aliphatic rings. The van der Waals surface area contributed by atoms with Gasteiger partial charge in [0.15, 0.2) is 0 Å². The van der Waals surface area contributed by atoms with Gasteiger partial charge in [0, 0.05) is 15.7 Å². The predicted octanol–water partition coefficient (Wildman–Crippen LogP) is 4.15. The third-order valence-corrected chi connectivity index (χ3v) is 3.00. The van der Waals surface area contributed by atoms with Gasteiger partial charge in [-0.2, -0.15) is 0 Å². The van der Waals surface area contributed by atoms with E-state index in [0.29, 0.717) is 16.8 Å². The summed E-state index contributed by atoms with van der Waals surface area (Å²) in [6.45, 7) is 1.63. The van der Waals surface area contributed by atoms with Crippen molar-refractivity contribution in [2.45, 2.75) is 6.92 Å². The standard InChI is InChI=1S/C14H11BrFNO/c1-9-7-10(5-6-13(9)16)14(18)17-12-4-2-3-11(15)8-12/h2-8H,1H3,(H,17,18). The minimum absolute atomic E-state index is 0.254. The first kappa shape index (κ1) is 12.8. The first-order valence-electron chi connectivity index (χ1n) is 5.39. The van der Waals surface area contributed by atoms with E-state index in [1.807, 2.05) is 12.1 Å². The maximum Gasteiger partial charge on any atom is 0.255 e. The van der Waals surface area contributed by atoms with Gasteiger partial charge in [0.2, 0.25) is 0 Å². The minimum Gasteiger partial charge on any atom is -0.322 e. The molecule has 0 saturated carbocycles. The van der Waals surface area contributed by atoms with Crippen LogP contribution in [0.1, 0.15) is 15.9 Å². The van der Waals surface area contributed by atoms with Crippen molar-refractivity contribution in [3.05, 3.63) is 63.9 Å². The molecule has 2 nitrogen and oxygen atoms in total. The first-order valence-corrected chi connectivity index (χ1v) is 6.18. The Balaban J connectivity index is 2.19. The Bertz CT molecular complexity index is 598. The van der Waals surface area contributed by atoms with Crippen LogP contribution in [0, 0.1) is 12.7 Å². The van der Waals surface area contributed by atoms with Crippen molar-refractivity contribution in [1.29, 1.82) is 0 Å². The number of hydrogen-bond donors (Lipinski definition) is 1. The van der Waals surface area contributed by atoms with Crippen molar-refractivity contribution in [3.63, 3.8) is 0 Å². The highest BCUT2D eigenvalue weighted by Crippen LogP contribution is 2.17. The molecular formula is C14H11BrFNO. The van der Waals surface area contributed by atoms with E-state index < -0.39 is 0 Å². The van der Waals surface area contributed by atoms with E-state index in [1.165, 1.54) is 18.2 Å². The van der Waals surface area contributed by atoms with Gasteiger partial charge in [0.05, 0.1) is 0 Å². The highest BCUT2D eigenvalue weighted by atomic mass is 79.9. The fourth-order valence-corrected chi connectivity index (χ4v) is 1.95. The Labute approximate surface area is 113 Å². The lowest BCUT2D eigenvalue weighted by Gasteiger charge is -2.06. The number of anilines is 1. The van der Waals surface area contributed by atoms with Crippen LogP contribution in [0.15, 0.2) is 46.9 Å². The molecule has 92 valence electrons. The van der Waals surface area contributed by atoms with Gasteiger partial charge in [0.1, 0.15) is 5.82 Å². The van der Waals surface area contributed by atoms with Gasteiger partial charge < -0.3 is 5.32 Å². The summed E-state index contributed by atoms with van der Waals surface area (Å²) < 4.78 is 14.0. The second kappa shape index (κ2) is 5.31. The quantitative estimate of drug-likeness (QED) is 0.887. The fourth-order valence-electron chi connectivity index (χ4n) is 1.56. The Hall–Kier alpha value is -1.68. The summed E-state index contributed by atoms with van der Waals surface area (Å²) in [4.78, 5) is 11.9. The number of nitrogens with one attached hydrogen (secondary N) is 1. The summed E-state index contributed by atoms with van der Waals surface area (Å²) in [6, 6.07) is 11.6. The highest BCUT2D eigenvalue weighted by Gasteiger charge is 2.08. The smallest absolute Gasteiger partial charge is 0.255 e. The summed E-state index contributed by atoms with van der Waals surface area (Å²) >= 11 is 3.33. The van der Waals surface area contributed by atoms with Gasteiger partial charge >= 0.3 is 0 Å². The summed E-state index contributed by atoms with van der Waals surface area (Å²) in [7, 11) is 0. The minimum atomic E-state index is -0.311. The fraction of sp³-hybridized carbons (Fsp3) is 0.0714. The average Bonchev–Trinajstić information content (AvgIpc) is 2.32. The maximum atomic E-state index is 13.1. The van der Waals surface area contributed by atoms with Gasteiger partial charge in [-0.1, -0.05) is 22.0 Å². The second-order valence-electron chi connectivity index (χ2n) is 3.93. The van der Waals surface area contributed by atoms with E-state index >= 15 is 0 Å². The first-order chi connectivity index (χ1) is 8.56. The zero-order chi connectivity index (χ0) is 13.1. The molecule has 0 saturated heterocycles. The molecule has 2 aromatic rings. The normalized spacial score (nSPS) is 10.2. The van der Waals surface area contributed by atoms with Crippen LogP contribution in [0.25, 0.3) is 0 Å². The number of carbonyl (C=O) groups is 1. The van der Waals surface area contributed by atoms with Crippen LogP contribution in [0.2, 0.25) is 0 Å². The zero-order valence-corrected chi connectivity index (χ0v) is 11.3. The highest BCUT2D eigenvalue weighted by molar-refractivity contribution is 9.10. The van der Waals surface area contributed by atoms with Gasteiger partial charge in [-0.25, -0.2) is 4.39 Å². The Kier molecular flexibility index (Phi) is 3.77. The number of aryl methyl sites for hydroxylation is 1. The number of carbonyl (C=O) groups excluding carboxylic acids is 1.